The summed E-state index contributed by atoms with van der Waals surface area (Å²) in [6, 6.07) is 16.8. The highest BCUT2D eigenvalue weighted by Gasteiger charge is 2.20. The Labute approximate surface area is 107 Å². The SMILES string of the molecule is Cc1ccc(N2Cc3ccccc3C2)c(C#N)c1. The molecule has 0 spiro atoms. The molecule has 1 heterocycles. The van der Waals surface area contributed by atoms with Gasteiger partial charge in [0.25, 0.3) is 0 Å². The van der Waals surface area contributed by atoms with Crippen molar-refractivity contribution in [1.29, 1.82) is 5.26 Å². The van der Waals surface area contributed by atoms with E-state index in [9.17, 15) is 5.26 Å². The molecular weight excluding hydrogens is 220 g/mol. The summed E-state index contributed by atoms with van der Waals surface area (Å²) in [7, 11) is 0. The van der Waals surface area contributed by atoms with Crippen molar-refractivity contribution in [1.82, 2.24) is 0 Å². The first kappa shape index (κ1) is 10.9. The Kier molecular flexibility index (Phi) is 2.53. The number of rotatable bonds is 1. The fourth-order valence-electron chi connectivity index (χ4n) is 2.52. The number of anilines is 1. The molecule has 3 rings (SSSR count). The van der Waals surface area contributed by atoms with Crippen molar-refractivity contribution in [2.75, 3.05) is 4.90 Å². The number of fused-ring (bicyclic) bond motifs is 1. The standard InChI is InChI=1S/C16H14N2/c1-12-6-7-16(15(8-12)9-17)18-10-13-4-2-3-5-14(13)11-18/h2-8H,10-11H2,1H3. The molecular formula is C16H14N2. The molecule has 0 amide bonds. The zero-order valence-corrected chi connectivity index (χ0v) is 10.4. The van der Waals surface area contributed by atoms with Crippen LogP contribution in [0.1, 0.15) is 22.3 Å². The van der Waals surface area contributed by atoms with Crippen LogP contribution in [0.4, 0.5) is 5.69 Å². The summed E-state index contributed by atoms with van der Waals surface area (Å²) in [5.41, 5.74) is 5.66. The van der Waals surface area contributed by atoms with Gasteiger partial charge in [-0.15, -0.1) is 0 Å². The van der Waals surface area contributed by atoms with Gasteiger partial charge in [0.05, 0.1) is 11.3 Å². The third-order valence-corrected chi connectivity index (χ3v) is 3.45. The summed E-state index contributed by atoms with van der Waals surface area (Å²) < 4.78 is 0. The second kappa shape index (κ2) is 4.19. The van der Waals surface area contributed by atoms with E-state index >= 15 is 0 Å². The molecule has 0 aliphatic carbocycles. The monoisotopic (exact) mass is 234 g/mol. The van der Waals surface area contributed by atoms with Crippen molar-refractivity contribution < 1.29 is 0 Å². The van der Waals surface area contributed by atoms with Crippen LogP contribution in [0.5, 0.6) is 0 Å². The fraction of sp³-hybridized carbons (Fsp3) is 0.188. The number of aryl methyl sites for hydroxylation is 1. The molecule has 0 unspecified atom stereocenters. The second-order valence-electron chi connectivity index (χ2n) is 4.76. The molecule has 2 aromatic carbocycles. The summed E-state index contributed by atoms with van der Waals surface area (Å²) in [5.74, 6) is 0. The highest BCUT2D eigenvalue weighted by atomic mass is 15.1. The maximum absolute atomic E-state index is 9.24. The van der Waals surface area contributed by atoms with Crippen LogP contribution in [0.3, 0.4) is 0 Å². The molecule has 88 valence electrons. The van der Waals surface area contributed by atoms with E-state index in [1.54, 1.807) is 0 Å². The highest BCUT2D eigenvalue weighted by molar-refractivity contribution is 5.62. The van der Waals surface area contributed by atoms with Gasteiger partial charge in [0.15, 0.2) is 0 Å². The average molecular weight is 234 g/mol. The van der Waals surface area contributed by atoms with Gasteiger partial charge >= 0.3 is 0 Å². The van der Waals surface area contributed by atoms with Gasteiger partial charge < -0.3 is 4.90 Å². The Balaban J connectivity index is 1.98. The lowest BCUT2D eigenvalue weighted by Gasteiger charge is -2.19. The van der Waals surface area contributed by atoms with Crippen LogP contribution < -0.4 is 4.90 Å². The van der Waals surface area contributed by atoms with E-state index in [1.165, 1.54) is 11.1 Å². The molecule has 0 aromatic heterocycles. The third-order valence-electron chi connectivity index (χ3n) is 3.45. The number of hydrogen-bond donors (Lipinski definition) is 0. The van der Waals surface area contributed by atoms with Gasteiger partial charge in [0.2, 0.25) is 0 Å². The quantitative estimate of drug-likeness (QED) is 0.756. The lowest BCUT2D eigenvalue weighted by atomic mass is 10.1. The number of nitrogens with zero attached hydrogens (tertiary/aromatic N) is 2. The molecule has 0 bridgehead atoms. The summed E-state index contributed by atoms with van der Waals surface area (Å²) in [4.78, 5) is 2.27. The van der Waals surface area contributed by atoms with Crippen LogP contribution >= 0.6 is 0 Å². The van der Waals surface area contributed by atoms with Crippen molar-refractivity contribution in [3.63, 3.8) is 0 Å². The second-order valence-corrected chi connectivity index (χ2v) is 4.76. The normalized spacial score (nSPS) is 13.2. The molecule has 1 aliphatic rings. The average Bonchev–Trinajstić information content (AvgIpc) is 2.82. The van der Waals surface area contributed by atoms with Crippen molar-refractivity contribution in [2.24, 2.45) is 0 Å². The molecule has 2 aromatic rings. The molecule has 18 heavy (non-hydrogen) atoms. The largest absolute Gasteiger partial charge is 0.362 e. The molecule has 0 saturated carbocycles. The maximum atomic E-state index is 9.24. The number of benzene rings is 2. The van der Waals surface area contributed by atoms with E-state index in [0.29, 0.717) is 0 Å². The van der Waals surface area contributed by atoms with Crippen LogP contribution in [-0.2, 0) is 13.1 Å². The Morgan fingerprint density at radius 1 is 1.06 bits per heavy atom. The van der Waals surface area contributed by atoms with Crippen LogP contribution in [0.15, 0.2) is 42.5 Å². The van der Waals surface area contributed by atoms with Gasteiger partial charge in [-0.05, 0) is 35.7 Å². The molecule has 0 N–H and O–H groups in total. The molecule has 0 radical (unpaired) electrons. The van der Waals surface area contributed by atoms with Crippen LogP contribution in [0, 0.1) is 18.3 Å². The van der Waals surface area contributed by atoms with Crippen molar-refractivity contribution in [3.8, 4) is 6.07 Å². The zero-order chi connectivity index (χ0) is 12.5. The lowest BCUT2D eigenvalue weighted by molar-refractivity contribution is 0.878. The molecule has 2 heteroatoms. The Bertz CT molecular complexity index is 613. The van der Waals surface area contributed by atoms with Gasteiger partial charge in [0.1, 0.15) is 6.07 Å². The number of hydrogen-bond acceptors (Lipinski definition) is 2. The van der Waals surface area contributed by atoms with E-state index in [1.807, 2.05) is 13.0 Å². The summed E-state index contributed by atoms with van der Waals surface area (Å²) >= 11 is 0. The first-order valence-corrected chi connectivity index (χ1v) is 6.10. The fourth-order valence-corrected chi connectivity index (χ4v) is 2.52. The lowest BCUT2D eigenvalue weighted by Crippen LogP contribution is -2.15. The topological polar surface area (TPSA) is 27.0 Å². The molecule has 0 atom stereocenters. The van der Waals surface area contributed by atoms with E-state index in [4.69, 9.17) is 0 Å². The zero-order valence-electron chi connectivity index (χ0n) is 10.4. The first-order valence-electron chi connectivity index (χ1n) is 6.10. The van der Waals surface area contributed by atoms with Crippen molar-refractivity contribution in [3.05, 3.63) is 64.7 Å². The first-order chi connectivity index (χ1) is 8.78. The van der Waals surface area contributed by atoms with Crippen molar-refractivity contribution in [2.45, 2.75) is 20.0 Å². The minimum Gasteiger partial charge on any atom is -0.362 e. The third kappa shape index (κ3) is 1.74. The summed E-state index contributed by atoms with van der Waals surface area (Å²) in [6.07, 6.45) is 0. The van der Waals surface area contributed by atoms with E-state index < -0.39 is 0 Å². The maximum Gasteiger partial charge on any atom is 0.101 e. The summed E-state index contributed by atoms with van der Waals surface area (Å²) in [5, 5.41) is 9.24. The van der Waals surface area contributed by atoms with Gasteiger partial charge in [-0.3, -0.25) is 0 Å². The Morgan fingerprint density at radius 3 is 2.33 bits per heavy atom. The van der Waals surface area contributed by atoms with Gasteiger partial charge in [-0.1, -0.05) is 30.3 Å². The van der Waals surface area contributed by atoms with E-state index in [0.717, 1.165) is 29.9 Å². The van der Waals surface area contributed by atoms with Crippen molar-refractivity contribution >= 4 is 5.69 Å². The van der Waals surface area contributed by atoms with Crippen LogP contribution in [0.2, 0.25) is 0 Å². The Morgan fingerprint density at radius 2 is 1.72 bits per heavy atom. The van der Waals surface area contributed by atoms with Gasteiger partial charge in [-0.25, -0.2) is 0 Å². The predicted molar refractivity (Wildman–Crippen MR) is 72.2 cm³/mol. The minimum atomic E-state index is 0.766. The molecule has 0 fully saturated rings. The molecule has 2 nitrogen and oxygen atoms in total. The molecule has 0 saturated heterocycles. The van der Waals surface area contributed by atoms with Gasteiger partial charge in [-0.2, -0.15) is 5.26 Å². The van der Waals surface area contributed by atoms with Crippen LogP contribution in [-0.4, -0.2) is 0 Å². The van der Waals surface area contributed by atoms with Crippen LogP contribution in [0.25, 0.3) is 0 Å². The minimum absolute atomic E-state index is 0.766. The Hall–Kier alpha value is -2.27. The van der Waals surface area contributed by atoms with E-state index in [-0.39, 0.29) is 0 Å². The predicted octanol–water partition coefficient (Wildman–Crippen LogP) is 3.39. The van der Waals surface area contributed by atoms with Gasteiger partial charge in [0, 0.05) is 13.1 Å². The molecule has 1 aliphatic heterocycles. The smallest absolute Gasteiger partial charge is 0.101 e. The number of nitriles is 1. The summed E-state index contributed by atoms with van der Waals surface area (Å²) in [6.45, 7) is 3.81. The van der Waals surface area contributed by atoms with E-state index in [2.05, 4.69) is 47.4 Å². The highest BCUT2D eigenvalue weighted by Crippen LogP contribution is 2.30.